The molecule has 0 aromatic heterocycles. The molecule has 2 aliphatic rings. The molecule has 1 aromatic rings. The summed E-state index contributed by atoms with van der Waals surface area (Å²) in [5.41, 5.74) is 6.07. The first-order valence-electron chi connectivity index (χ1n) is 8.64. The monoisotopic (exact) mass is 377 g/mol. The van der Waals surface area contributed by atoms with Gasteiger partial charge in [-0.3, -0.25) is 9.59 Å². The Morgan fingerprint density at radius 3 is 2.19 bits per heavy atom. The summed E-state index contributed by atoms with van der Waals surface area (Å²) < 4.78 is 1.88. The Balaban J connectivity index is 0.000000279. The van der Waals surface area contributed by atoms with Crippen molar-refractivity contribution in [2.45, 2.75) is 18.4 Å². The number of nitrogens with two attached hydrogens (primary N) is 1. The van der Waals surface area contributed by atoms with Crippen molar-refractivity contribution in [1.29, 1.82) is 0 Å². The van der Waals surface area contributed by atoms with Crippen LogP contribution in [0.5, 0.6) is 0 Å². The Morgan fingerprint density at radius 1 is 1.11 bits per heavy atom. The fraction of sp³-hybridized carbons (Fsp3) is 0.421. The molecule has 2 aliphatic heterocycles. The summed E-state index contributed by atoms with van der Waals surface area (Å²) >= 11 is 0. The zero-order chi connectivity index (χ0) is 20.0. The molecule has 8 heteroatoms. The third-order valence-electron chi connectivity index (χ3n) is 4.70. The number of Topliss-reactive ketones (excluding diaryl/α,β-unsaturated/α-hetero) is 1. The van der Waals surface area contributed by atoms with E-state index in [9.17, 15) is 9.59 Å². The number of carboxylic acid groups (broad SMARTS) is 1. The largest absolute Gasteiger partial charge is 0.481 e. The van der Waals surface area contributed by atoms with Gasteiger partial charge in [-0.15, -0.1) is 0 Å². The van der Waals surface area contributed by atoms with Crippen molar-refractivity contribution in [3.8, 4) is 0 Å². The maximum Gasteiger partial charge on any atom is 0.317 e. The molecule has 0 aliphatic carbocycles. The first kappa shape index (κ1) is 20.9. The Kier molecular flexibility index (Phi) is 6.98. The number of aliphatic hydroxyl groups is 3. The van der Waals surface area contributed by atoms with Crippen LogP contribution < -0.4 is 5.73 Å². The number of nitrogens with zero attached hydrogens (tertiary/aromatic N) is 1. The van der Waals surface area contributed by atoms with Crippen LogP contribution in [-0.4, -0.2) is 74.4 Å². The zero-order valence-electron chi connectivity index (χ0n) is 14.9. The van der Waals surface area contributed by atoms with Gasteiger partial charge in [-0.25, -0.2) is 0 Å². The minimum atomic E-state index is -1.21. The van der Waals surface area contributed by atoms with E-state index in [4.69, 9.17) is 26.2 Å². The summed E-state index contributed by atoms with van der Waals surface area (Å²) in [6, 6.07) is 9.10. The summed E-state index contributed by atoms with van der Waals surface area (Å²) in [5, 5.41) is 34.2. The van der Waals surface area contributed by atoms with Gasteiger partial charge >= 0.3 is 5.97 Å². The molecule has 0 fully saturated rings. The van der Waals surface area contributed by atoms with E-state index in [1.54, 1.807) is 12.1 Å². The Morgan fingerprint density at radius 2 is 1.70 bits per heavy atom. The molecule has 146 valence electrons. The number of rotatable bonds is 6. The molecule has 0 radical (unpaired) electrons. The van der Waals surface area contributed by atoms with Crippen LogP contribution in [0.1, 0.15) is 23.2 Å². The van der Waals surface area contributed by atoms with Gasteiger partial charge in [-0.1, -0.05) is 30.3 Å². The number of carbonyl (C=O) groups is 2. The molecular formula is C19H25N2O6+. The Hall–Kier alpha value is -2.39. The number of ketones is 1. The van der Waals surface area contributed by atoms with Crippen LogP contribution in [0.25, 0.3) is 0 Å². The molecule has 0 saturated heterocycles. The number of carboxylic acids is 1. The first-order chi connectivity index (χ1) is 12.9. The van der Waals surface area contributed by atoms with Crippen LogP contribution in [0, 0.1) is 5.92 Å². The lowest BCUT2D eigenvalue weighted by Gasteiger charge is -2.20. The smallest absolute Gasteiger partial charge is 0.317 e. The molecule has 0 bridgehead atoms. The van der Waals surface area contributed by atoms with E-state index in [-0.39, 0.29) is 5.78 Å². The average Bonchev–Trinajstić information content (AvgIpc) is 3.30. The van der Waals surface area contributed by atoms with Gasteiger partial charge in [0.2, 0.25) is 5.70 Å². The second-order valence-electron chi connectivity index (χ2n) is 6.65. The standard InChI is InChI=1S/C15H13NO3.C4H11NO3/c17-14(10-4-2-1-3-5-10)13-7-6-12-11(15(18)19)8-9-16(12)13;5-4(1-6,2-7)3-8/h1-5,7,11H,6,8-9H2;6-8H,1-3,5H2/p+1. The predicted octanol–water partition coefficient (Wildman–Crippen LogP) is -0.624. The van der Waals surface area contributed by atoms with Crippen molar-refractivity contribution in [1.82, 2.24) is 0 Å². The highest BCUT2D eigenvalue weighted by Gasteiger charge is 2.44. The number of hydrogen-bond donors (Lipinski definition) is 5. The molecule has 27 heavy (non-hydrogen) atoms. The van der Waals surface area contributed by atoms with Gasteiger partial charge in [0, 0.05) is 18.1 Å². The molecule has 0 saturated carbocycles. The number of aliphatic carboxylic acids is 1. The fourth-order valence-corrected chi connectivity index (χ4v) is 2.96. The molecule has 0 amide bonds. The Bertz CT molecular complexity index is 744. The minimum Gasteiger partial charge on any atom is -0.481 e. The van der Waals surface area contributed by atoms with Gasteiger partial charge < -0.3 is 26.2 Å². The molecule has 1 atom stereocenters. The van der Waals surface area contributed by atoms with Gasteiger partial charge in [0.05, 0.1) is 31.8 Å². The topological polar surface area (TPSA) is 144 Å². The highest BCUT2D eigenvalue weighted by atomic mass is 16.4. The molecule has 0 spiro atoms. The van der Waals surface area contributed by atoms with Crippen LogP contribution in [0.4, 0.5) is 0 Å². The second kappa shape index (κ2) is 9.01. The lowest BCUT2D eigenvalue weighted by atomic mass is 10.0. The lowest BCUT2D eigenvalue weighted by Crippen LogP contribution is -2.50. The van der Waals surface area contributed by atoms with E-state index >= 15 is 0 Å². The van der Waals surface area contributed by atoms with Gasteiger partial charge in [0.1, 0.15) is 5.92 Å². The van der Waals surface area contributed by atoms with E-state index in [1.807, 2.05) is 28.9 Å². The summed E-state index contributed by atoms with van der Waals surface area (Å²) in [4.78, 5) is 23.5. The van der Waals surface area contributed by atoms with E-state index < -0.39 is 37.2 Å². The summed E-state index contributed by atoms with van der Waals surface area (Å²) in [7, 11) is 0. The van der Waals surface area contributed by atoms with E-state index in [0.29, 0.717) is 30.6 Å². The summed E-state index contributed by atoms with van der Waals surface area (Å²) in [6.07, 6.45) is 3.01. The second-order valence-corrected chi connectivity index (χ2v) is 6.65. The van der Waals surface area contributed by atoms with Crippen molar-refractivity contribution in [2.24, 2.45) is 11.7 Å². The molecule has 2 heterocycles. The third-order valence-corrected chi connectivity index (χ3v) is 4.70. The van der Waals surface area contributed by atoms with Gasteiger partial charge in [-0.2, -0.15) is 4.58 Å². The highest BCUT2D eigenvalue weighted by Crippen LogP contribution is 2.27. The lowest BCUT2D eigenvalue weighted by molar-refractivity contribution is -0.458. The van der Waals surface area contributed by atoms with Crippen molar-refractivity contribution in [3.63, 3.8) is 0 Å². The van der Waals surface area contributed by atoms with Crippen LogP contribution in [0.3, 0.4) is 0 Å². The fourth-order valence-electron chi connectivity index (χ4n) is 2.96. The summed E-state index contributed by atoms with van der Waals surface area (Å²) in [5.74, 6) is -1.25. The zero-order valence-corrected chi connectivity index (χ0v) is 14.9. The summed E-state index contributed by atoms with van der Waals surface area (Å²) in [6.45, 7) is -0.587. The third kappa shape index (κ3) is 4.67. The van der Waals surface area contributed by atoms with E-state index in [1.165, 1.54) is 0 Å². The maximum absolute atomic E-state index is 12.4. The van der Waals surface area contributed by atoms with Crippen LogP contribution in [0.2, 0.25) is 0 Å². The van der Waals surface area contributed by atoms with E-state index in [2.05, 4.69) is 0 Å². The van der Waals surface area contributed by atoms with Crippen LogP contribution >= 0.6 is 0 Å². The van der Waals surface area contributed by atoms with Crippen molar-refractivity contribution < 1.29 is 34.6 Å². The van der Waals surface area contributed by atoms with E-state index in [0.717, 1.165) is 5.71 Å². The first-order valence-corrected chi connectivity index (χ1v) is 8.64. The number of benzene rings is 1. The predicted molar refractivity (Wildman–Crippen MR) is 97.5 cm³/mol. The normalized spacial score (nSPS) is 18.5. The van der Waals surface area contributed by atoms with Crippen LogP contribution in [0.15, 0.2) is 42.1 Å². The van der Waals surface area contributed by atoms with Gasteiger partial charge in [0.15, 0.2) is 12.3 Å². The average molecular weight is 377 g/mol. The highest BCUT2D eigenvalue weighted by molar-refractivity contribution is 6.10. The van der Waals surface area contributed by atoms with Gasteiger partial charge in [-0.05, 0) is 0 Å². The molecular weight excluding hydrogens is 352 g/mol. The quantitative estimate of drug-likeness (QED) is 0.328. The number of allylic oxidation sites excluding steroid dienone is 2. The SMILES string of the molecule is NC(CO)(CO)CO.O=C(C1=CCC2=[N+]1CCC2C(=O)O)c1ccccc1. The Labute approximate surface area is 156 Å². The van der Waals surface area contributed by atoms with Crippen LogP contribution in [-0.2, 0) is 4.79 Å². The molecule has 1 unspecified atom stereocenters. The number of carbonyl (C=O) groups excluding carboxylic acids is 1. The molecule has 6 N–H and O–H groups in total. The molecule has 1 aromatic carbocycles. The van der Waals surface area contributed by atoms with Gasteiger partial charge in [0.25, 0.3) is 5.78 Å². The molecule has 3 rings (SSSR count). The minimum absolute atomic E-state index is 0.0263. The van der Waals surface area contributed by atoms with Crippen molar-refractivity contribution in [3.05, 3.63) is 47.7 Å². The van der Waals surface area contributed by atoms with Crippen molar-refractivity contribution >= 4 is 17.5 Å². The molecule has 8 nitrogen and oxygen atoms in total. The number of aliphatic hydroxyl groups excluding tert-OH is 3. The number of hydrogen-bond acceptors (Lipinski definition) is 6. The maximum atomic E-state index is 12.4. The van der Waals surface area contributed by atoms with Crippen molar-refractivity contribution in [2.75, 3.05) is 26.4 Å².